The van der Waals surface area contributed by atoms with Crippen molar-refractivity contribution in [3.63, 3.8) is 0 Å². The molecule has 48 heavy (non-hydrogen) atoms. The predicted molar refractivity (Wildman–Crippen MR) is 185 cm³/mol. The van der Waals surface area contributed by atoms with Gasteiger partial charge in [0.2, 0.25) is 0 Å². The maximum Gasteiger partial charge on any atom is 0.327 e. The third-order valence-corrected chi connectivity index (χ3v) is 13.0. The molecule has 2 aromatic carbocycles. The summed E-state index contributed by atoms with van der Waals surface area (Å²) in [6.45, 7) is 3.86. The monoisotopic (exact) mass is 698 g/mol. The summed E-state index contributed by atoms with van der Waals surface area (Å²) in [5.41, 5.74) is 3.30. The first-order valence-electron chi connectivity index (χ1n) is 17.1. The maximum absolute atomic E-state index is 14.2. The Kier molecular flexibility index (Phi) is 9.23. The highest BCUT2D eigenvalue weighted by molar-refractivity contribution is 7.92. The lowest BCUT2D eigenvalue weighted by atomic mass is 9.68. The van der Waals surface area contributed by atoms with Crippen LogP contribution >= 0.6 is 11.6 Å². The molecule has 3 amide bonds. The third-order valence-electron chi connectivity index (χ3n) is 10.8. The number of rotatable bonds is 3. The number of nitrogens with one attached hydrogen (secondary N) is 2. The van der Waals surface area contributed by atoms with Gasteiger partial charge in [-0.25, -0.2) is 13.4 Å². The van der Waals surface area contributed by atoms with Gasteiger partial charge in [0.15, 0.2) is 0 Å². The van der Waals surface area contributed by atoms with Gasteiger partial charge < -0.3 is 19.7 Å². The van der Waals surface area contributed by atoms with Crippen LogP contribution in [0, 0.1) is 17.8 Å². The zero-order chi connectivity index (χ0) is 33.6. The number of allylic oxidation sites excluding steroid dienone is 1. The highest BCUT2D eigenvalue weighted by Gasteiger charge is 2.44. The van der Waals surface area contributed by atoms with Crippen LogP contribution in [-0.2, 0) is 26.5 Å². The van der Waals surface area contributed by atoms with Crippen molar-refractivity contribution >= 4 is 39.1 Å². The van der Waals surface area contributed by atoms with Gasteiger partial charge in [-0.05, 0) is 97.7 Å². The summed E-state index contributed by atoms with van der Waals surface area (Å²) in [6.07, 6.45) is 8.79. The van der Waals surface area contributed by atoms with Crippen molar-refractivity contribution in [2.24, 2.45) is 22.1 Å². The number of amides is 3. The van der Waals surface area contributed by atoms with E-state index in [1.165, 1.54) is 11.1 Å². The minimum absolute atomic E-state index is 0.0456. The van der Waals surface area contributed by atoms with Gasteiger partial charge in [-0.2, -0.15) is 0 Å². The van der Waals surface area contributed by atoms with Crippen LogP contribution < -0.4 is 19.7 Å². The topological polar surface area (TPSA) is 109 Å². The van der Waals surface area contributed by atoms with E-state index in [0.29, 0.717) is 37.2 Å². The molecule has 3 aliphatic carbocycles. The number of ether oxygens (including phenoxy) is 2. The molecule has 8 atom stereocenters. The number of carbonyl (C=O) groups is 2. The zero-order valence-electron chi connectivity index (χ0n) is 27.5. The number of urea groups is 1. The standard InChI is InChI=1S/C36H44ClFN4O5S/c1-22-5-3-7-32(46-2)27-11-8-25(27)18-42-20-36(14-4-6-23-15-26(37)10-12-28(23)36)21-47-33-13-9-24(16-31(33)42)34(43)40-48(45,19-22)41-35(44)39-30-17-29(30)38/h3,7,9-10,12-13,15-16,22,25,27,29-30,32H,4-6,8,11,14,17-21H2,1-2H3,(H2,39,40,41,43,44,45)/b7-3+/t22-,25-,27+,29+,30+,32-,36-,48-/m0/s1. The highest BCUT2D eigenvalue weighted by atomic mass is 35.5. The molecule has 0 radical (unpaired) electrons. The highest BCUT2D eigenvalue weighted by Crippen LogP contribution is 2.47. The molecule has 2 N–H and O–H groups in total. The molecule has 9 nitrogen and oxygen atoms in total. The maximum atomic E-state index is 14.2. The summed E-state index contributed by atoms with van der Waals surface area (Å²) < 4.78 is 46.9. The Hall–Kier alpha value is -3.15. The zero-order valence-corrected chi connectivity index (χ0v) is 29.0. The molecular weight excluding hydrogens is 655 g/mol. The van der Waals surface area contributed by atoms with Crippen LogP contribution in [0.2, 0.25) is 5.02 Å². The van der Waals surface area contributed by atoms with E-state index in [1.54, 1.807) is 25.3 Å². The SMILES string of the molecule is CO[C@H]1/C=C/C[C@H](C)C[S@@](=O)(NC(=O)N[C@@H]2C[C@H]2F)=NC(=O)c2ccc3c(c2)N(C[C@@H]2CC[C@H]21)C[C@@]1(CCCc2cc(Cl)ccc21)CO3. The minimum atomic E-state index is -3.56. The van der Waals surface area contributed by atoms with Gasteiger partial charge in [-0.3, -0.25) is 9.52 Å². The quantitative estimate of drug-likeness (QED) is 0.360. The smallest absolute Gasteiger partial charge is 0.327 e. The second-order valence-electron chi connectivity index (χ2n) is 14.4. The third kappa shape index (κ3) is 6.83. The van der Waals surface area contributed by atoms with Crippen molar-refractivity contribution in [2.45, 2.75) is 75.6 Å². The van der Waals surface area contributed by atoms with Crippen molar-refractivity contribution < 1.29 is 27.7 Å². The fourth-order valence-electron chi connectivity index (χ4n) is 8.02. The second kappa shape index (κ2) is 13.3. The van der Waals surface area contributed by atoms with Crippen molar-refractivity contribution in [1.82, 2.24) is 10.0 Å². The largest absolute Gasteiger partial charge is 0.490 e. The van der Waals surface area contributed by atoms with Gasteiger partial charge in [0.25, 0.3) is 5.91 Å². The van der Waals surface area contributed by atoms with Crippen molar-refractivity contribution in [1.29, 1.82) is 0 Å². The Balaban J connectivity index is 1.28. The van der Waals surface area contributed by atoms with Gasteiger partial charge in [0.05, 0.1) is 30.2 Å². The Bertz CT molecular complexity index is 1750. The van der Waals surface area contributed by atoms with Crippen LogP contribution in [0.1, 0.15) is 66.9 Å². The Labute approximate surface area is 287 Å². The number of halogens is 2. The molecule has 12 heteroatoms. The molecule has 0 unspecified atom stereocenters. The Morgan fingerprint density at radius 3 is 2.81 bits per heavy atom. The van der Waals surface area contributed by atoms with E-state index in [9.17, 15) is 18.2 Å². The number of fused-ring (bicyclic) bond motifs is 4. The predicted octanol–water partition coefficient (Wildman–Crippen LogP) is 6.38. The minimum Gasteiger partial charge on any atom is -0.490 e. The molecule has 2 fully saturated rings. The number of methoxy groups -OCH3 is 1. The average Bonchev–Trinajstić information content (AvgIpc) is 3.75. The summed E-state index contributed by atoms with van der Waals surface area (Å²) >= 11 is 6.43. The number of aryl methyl sites for hydroxylation is 1. The average molecular weight is 699 g/mol. The van der Waals surface area contributed by atoms with Gasteiger partial charge in [-0.1, -0.05) is 36.7 Å². The van der Waals surface area contributed by atoms with Crippen LogP contribution in [0.4, 0.5) is 14.9 Å². The molecule has 0 aromatic heterocycles. The molecule has 258 valence electrons. The molecule has 7 rings (SSSR count). The van der Waals surface area contributed by atoms with Crippen LogP contribution in [0.25, 0.3) is 0 Å². The van der Waals surface area contributed by atoms with E-state index in [0.717, 1.165) is 49.4 Å². The molecular formula is C36H44ClFN4O5S. The van der Waals surface area contributed by atoms with E-state index in [4.69, 9.17) is 21.1 Å². The molecule has 2 heterocycles. The van der Waals surface area contributed by atoms with Crippen LogP contribution in [0.3, 0.4) is 0 Å². The molecule has 2 aromatic rings. The number of benzene rings is 2. The van der Waals surface area contributed by atoms with E-state index >= 15 is 0 Å². The molecule has 1 spiro atoms. The lowest BCUT2D eigenvalue weighted by Gasteiger charge is -2.46. The molecule has 0 saturated heterocycles. The van der Waals surface area contributed by atoms with Crippen LogP contribution in [-0.4, -0.2) is 67.0 Å². The first kappa shape index (κ1) is 33.4. The number of carbonyl (C=O) groups excluding carboxylic acids is 2. The van der Waals surface area contributed by atoms with Crippen molar-refractivity contribution in [3.8, 4) is 5.75 Å². The van der Waals surface area contributed by atoms with Crippen LogP contribution in [0.15, 0.2) is 52.9 Å². The van der Waals surface area contributed by atoms with Crippen molar-refractivity contribution in [2.75, 3.05) is 37.5 Å². The van der Waals surface area contributed by atoms with Gasteiger partial charge >= 0.3 is 6.03 Å². The van der Waals surface area contributed by atoms with E-state index < -0.39 is 34.1 Å². The summed E-state index contributed by atoms with van der Waals surface area (Å²) in [4.78, 5) is 28.9. The first-order valence-corrected chi connectivity index (χ1v) is 19.1. The fraction of sp³-hybridized carbons (Fsp3) is 0.556. The molecule has 2 saturated carbocycles. The van der Waals surface area contributed by atoms with Crippen molar-refractivity contribution in [3.05, 3.63) is 70.3 Å². The van der Waals surface area contributed by atoms with Crippen LogP contribution in [0.5, 0.6) is 5.75 Å². The number of alkyl halides is 1. The fourth-order valence-corrected chi connectivity index (χ4v) is 10.1. The number of hydrogen-bond donors (Lipinski definition) is 2. The summed E-state index contributed by atoms with van der Waals surface area (Å²) in [5, 5.41) is 3.23. The number of hydrogen-bond acceptors (Lipinski definition) is 6. The molecule has 2 bridgehead atoms. The van der Waals surface area contributed by atoms with E-state index in [1.807, 2.05) is 19.1 Å². The van der Waals surface area contributed by atoms with Gasteiger partial charge in [0, 0.05) is 42.6 Å². The number of nitrogens with zero attached hydrogens (tertiary/aromatic N) is 2. The second-order valence-corrected chi connectivity index (χ2v) is 16.8. The Morgan fingerprint density at radius 2 is 2.06 bits per heavy atom. The Morgan fingerprint density at radius 1 is 1.23 bits per heavy atom. The molecule has 5 aliphatic rings. The lowest BCUT2D eigenvalue weighted by molar-refractivity contribution is 0.0131. The normalized spacial score (nSPS) is 35.1. The number of anilines is 1. The lowest BCUT2D eigenvalue weighted by Crippen LogP contribution is -2.49. The summed E-state index contributed by atoms with van der Waals surface area (Å²) in [7, 11) is -1.81. The summed E-state index contributed by atoms with van der Waals surface area (Å²) in [6, 6.07) is 10.0. The first-order chi connectivity index (χ1) is 23.0. The van der Waals surface area contributed by atoms with Gasteiger partial charge in [0.1, 0.15) is 21.8 Å². The van der Waals surface area contributed by atoms with Gasteiger partial charge in [-0.15, -0.1) is 4.36 Å². The molecule has 2 aliphatic heterocycles. The van der Waals surface area contributed by atoms with E-state index in [-0.39, 0.29) is 35.2 Å². The summed E-state index contributed by atoms with van der Waals surface area (Å²) in [5.74, 6) is 0.472. The van der Waals surface area contributed by atoms with E-state index in [2.05, 4.69) is 37.5 Å².